The molecule has 0 bridgehead atoms. The van der Waals surface area contributed by atoms with Gasteiger partial charge in [0.1, 0.15) is 6.04 Å². The summed E-state index contributed by atoms with van der Waals surface area (Å²) in [4.78, 5) is 65.2. The van der Waals surface area contributed by atoms with Gasteiger partial charge in [-0.3, -0.25) is 29.3 Å². The maximum absolute atomic E-state index is 13.8. The largest absolute Gasteiger partial charge is 0.292 e. The molecule has 0 saturated carbocycles. The van der Waals surface area contributed by atoms with Gasteiger partial charge < -0.3 is 0 Å². The van der Waals surface area contributed by atoms with Gasteiger partial charge in [0.25, 0.3) is 23.4 Å². The zero-order chi connectivity index (χ0) is 28.0. The molecule has 3 aromatic rings. The van der Waals surface area contributed by atoms with Crippen LogP contribution in [0.2, 0.25) is 0 Å². The van der Waals surface area contributed by atoms with Gasteiger partial charge in [-0.2, -0.15) is 5.01 Å². The number of amides is 3. The predicted molar refractivity (Wildman–Crippen MR) is 152 cm³/mol. The van der Waals surface area contributed by atoms with Gasteiger partial charge in [0.2, 0.25) is 0 Å². The zero-order valence-corrected chi connectivity index (χ0v) is 25.8. The highest BCUT2D eigenvalue weighted by Crippen LogP contribution is 2.46. The fraction of sp³-hybridized carbons (Fsp3) is 0.120. The van der Waals surface area contributed by atoms with E-state index in [0.29, 0.717) is 14.0 Å². The number of imide groups is 1. The summed E-state index contributed by atoms with van der Waals surface area (Å²) in [7, 11) is 0. The minimum atomic E-state index is -1.30. The number of rotatable bonds is 6. The Morgan fingerprint density at radius 3 is 1.71 bits per heavy atom. The molecule has 38 heavy (non-hydrogen) atoms. The van der Waals surface area contributed by atoms with Gasteiger partial charge in [-0.15, -0.1) is 0 Å². The number of Topliss-reactive ketones (excluding diaryl/α,β-unsaturated/α-hetero) is 1. The lowest BCUT2D eigenvalue weighted by Gasteiger charge is -2.34. The molecule has 9 nitrogen and oxygen atoms in total. The lowest BCUT2D eigenvalue weighted by Crippen LogP contribution is -2.56. The van der Waals surface area contributed by atoms with Crippen molar-refractivity contribution < 1.29 is 24.1 Å². The number of hydrazine groups is 1. The molecule has 0 unspecified atom stereocenters. The lowest BCUT2D eigenvalue weighted by atomic mass is 10.0. The quantitative estimate of drug-likeness (QED) is 0.0674. The molecule has 0 radical (unpaired) electrons. The molecule has 3 amide bonds. The Morgan fingerprint density at radius 2 is 1.26 bits per heavy atom. The van der Waals surface area contributed by atoms with E-state index in [1.165, 1.54) is 19.1 Å². The van der Waals surface area contributed by atoms with Crippen molar-refractivity contribution in [2.45, 2.75) is 19.9 Å². The van der Waals surface area contributed by atoms with Crippen molar-refractivity contribution in [3.8, 4) is 0 Å². The minimum absolute atomic E-state index is 0.00608. The lowest BCUT2D eigenvalue weighted by molar-refractivity contribution is -0.384. The highest BCUT2D eigenvalue weighted by Gasteiger charge is 2.48. The molecule has 0 aliphatic carbocycles. The molecule has 0 N–H and O–H groups in total. The van der Waals surface area contributed by atoms with Crippen LogP contribution in [0.1, 0.15) is 53.9 Å². The fourth-order valence-corrected chi connectivity index (χ4v) is 6.36. The SMILES string of the molecule is Cc1ccc(C(=O)[C@H](C)N(C(=O)c2ccc([N+](=O)[O-])cc2)N2C(=O)c3c(Br)c(Br)c(Br)c(Br)c3C2=O)cc1. The highest BCUT2D eigenvalue weighted by atomic mass is 79.9. The van der Waals surface area contributed by atoms with Gasteiger partial charge >= 0.3 is 0 Å². The summed E-state index contributed by atoms with van der Waals surface area (Å²) < 4.78 is 1.48. The van der Waals surface area contributed by atoms with E-state index >= 15 is 0 Å². The summed E-state index contributed by atoms with van der Waals surface area (Å²) in [5.41, 5.74) is 0.867. The second-order valence-electron chi connectivity index (χ2n) is 8.29. The van der Waals surface area contributed by atoms with Crippen LogP contribution in [0.5, 0.6) is 0 Å². The maximum Gasteiger partial charge on any atom is 0.282 e. The highest BCUT2D eigenvalue weighted by molar-refractivity contribution is 9.15. The van der Waals surface area contributed by atoms with Crippen LogP contribution in [0.25, 0.3) is 0 Å². The van der Waals surface area contributed by atoms with Crippen molar-refractivity contribution >= 4 is 92.9 Å². The first-order valence-corrected chi connectivity index (χ1v) is 14.0. The van der Waals surface area contributed by atoms with Crippen molar-refractivity contribution in [1.82, 2.24) is 10.0 Å². The molecule has 1 heterocycles. The van der Waals surface area contributed by atoms with E-state index < -0.39 is 34.5 Å². The van der Waals surface area contributed by atoms with Crippen molar-refractivity contribution in [3.63, 3.8) is 0 Å². The monoisotopic (exact) mass is 769 g/mol. The number of hydrogen-bond acceptors (Lipinski definition) is 6. The van der Waals surface area contributed by atoms with Gasteiger partial charge in [-0.05, 0) is 89.7 Å². The van der Waals surface area contributed by atoms with E-state index in [9.17, 15) is 29.3 Å². The number of fused-ring (bicyclic) bond motifs is 1. The smallest absolute Gasteiger partial charge is 0.282 e. The first-order valence-electron chi connectivity index (χ1n) is 10.8. The number of nitro benzene ring substituents is 1. The van der Waals surface area contributed by atoms with E-state index in [0.717, 1.165) is 22.7 Å². The van der Waals surface area contributed by atoms with Crippen LogP contribution in [0.4, 0.5) is 5.69 Å². The van der Waals surface area contributed by atoms with Gasteiger partial charge in [-0.1, -0.05) is 29.8 Å². The van der Waals surface area contributed by atoms with Gasteiger partial charge in [0, 0.05) is 41.2 Å². The van der Waals surface area contributed by atoms with E-state index in [1.54, 1.807) is 24.3 Å². The second kappa shape index (κ2) is 10.8. The summed E-state index contributed by atoms with van der Waals surface area (Å²) >= 11 is 13.4. The van der Waals surface area contributed by atoms with Crippen molar-refractivity contribution in [1.29, 1.82) is 0 Å². The molecule has 3 aromatic carbocycles. The molecule has 4 rings (SSSR count). The summed E-state index contributed by atoms with van der Waals surface area (Å²) in [6, 6.07) is 10.00. The van der Waals surface area contributed by atoms with Gasteiger partial charge in [0.05, 0.1) is 16.1 Å². The van der Waals surface area contributed by atoms with Gasteiger partial charge in [-0.25, -0.2) is 5.01 Å². The normalized spacial score (nSPS) is 13.4. The third-order valence-electron chi connectivity index (χ3n) is 5.91. The molecule has 0 aromatic heterocycles. The van der Waals surface area contributed by atoms with Crippen molar-refractivity contribution in [2.24, 2.45) is 0 Å². The number of nitrogens with zero attached hydrogens (tertiary/aromatic N) is 3. The van der Waals surface area contributed by atoms with Crippen LogP contribution < -0.4 is 0 Å². The number of halogens is 4. The molecule has 194 valence electrons. The van der Waals surface area contributed by atoms with Crippen LogP contribution >= 0.6 is 63.7 Å². The van der Waals surface area contributed by atoms with Crippen LogP contribution in [0.3, 0.4) is 0 Å². The van der Waals surface area contributed by atoms with Crippen molar-refractivity contribution in [2.75, 3.05) is 0 Å². The third-order valence-corrected chi connectivity index (χ3v) is 10.7. The molecule has 0 saturated heterocycles. The molecule has 1 aliphatic heterocycles. The van der Waals surface area contributed by atoms with Crippen LogP contribution in [-0.2, 0) is 0 Å². The molecule has 1 atom stereocenters. The Bertz CT molecular complexity index is 1490. The Balaban J connectivity index is 1.86. The summed E-state index contributed by atoms with van der Waals surface area (Å²) in [6.07, 6.45) is 0. The fourth-order valence-electron chi connectivity index (χ4n) is 3.90. The van der Waals surface area contributed by atoms with Crippen LogP contribution in [0, 0.1) is 17.0 Å². The Labute approximate surface area is 249 Å². The maximum atomic E-state index is 13.8. The molecule has 0 spiro atoms. The average Bonchev–Trinajstić information content (AvgIpc) is 3.16. The zero-order valence-electron chi connectivity index (χ0n) is 19.5. The average molecular weight is 773 g/mol. The standard InChI is InChI=1S/C25H15Br4N3O6/c1-11-3-5-13(6-4-11)22(33)12(2)30(23(34)14-7-9-15(10-8-14)32(37)38)31-24(35)16-17(25(31)36)19(27)21(29)20(28)18(16)26/h3-10,12H,1-2H3/t12-/m0/s1. The number of hydrogen-bond donors (Lipinski definition) is 0. The molecule has 1 aliphatic rings. The number of carbonyl (C=O) groups excluding carboxylic acids is 4. The van der Waals surface area contributed by atoms with Crippen LogP contribution in [-0.4, -0.2) is 44.5 Å². The molecular weight excluding hydrogens is 758 g/mol. The minimum Gasteiger partial charge on any atom is -0.292 e. The number of ketones is 1. The molecular formula is C25H15Br4N3O6. The Kier molecular flexibility index (Phi) is 8.03. The Morgan fingerprint density at radius 1 is 0.816 bits per heavy atom. The number of nitro groups is 1. The number of non-ortho nitro benzene ring substituents is 1. The van der Waals surface area contributed by atoms with Crippen LogP contribution in [0.15, 0.2) is 66.4 Å². The first kappa shape index (κ1) is 28.3. The number of aryl methyl sites for hydroxylation is 1. The third kappa shape index (κ3) is 4.76. The van der Waals surface area contributed by atoms with E-state index in [-0.39, 0.29) is 36.9 Å². The van der Waals surface area contributed by atoms with E-state index in [4.69, 9.17) is 0 Å². The van der Waals surface area contributed by atoms with E-state index in [2.05, 4.69) is 63.7 Å². The van der Waals surface area contributed by atoms with Gasteiger partial charge in [0.15, 0.2) is 5.78 Å². The Hall–Kier alpha value is -2.74. The van der Waals surface area contributed by atoms with E-state index in [1.807, 2.05) is 6.92 Å². The number of carbonyl (C=O) groups is 4. The number of benzene rings is 3. The summed E-state index contributed by atoms with van der Waals surface area (Å²) in [5, 5.41) is 12.5. The topological polar surface area (TPSA) is 118 Å². The summed E-state index contributed by atoms with van der Waals surface area (Å²) in [6.45, 7) is 3.26. The predicted octanol–water partition coefficient (Wildman–Crippen LogP) is 6.88. The summed E-state index contributed by atoms with van der Waals surface area (Å²) in [5.74, 6) is -3.04. The van der Waals surface area contributed by atoms with Crippen molar-refractivity contribution in [3.05, 3.63) is 104 Å². The second-order valence-corrected chi connectivity index (χ2v) is 11.5. The molecule has 13 heteroatoms. The molecule has 0 fully saturated rings. The first-order chi connectivity index (χ1) is 17.9.